The first-order valence-corrected chi connectivity index (χ1v) is 7.68. The smallest absolute Gasteiger partial charge is 0.323 e. The molecule has 126 valence electrons. The molecule has 1 aromatic carbocycles. The molecule has 2 N–H and O–H groups in total. The average molecular weight is 320 g/mol. The molecule has 0 radical (unpaired) electrons. The minimum Gasteiger partial charge on any atom is -0.497 e. The van der Waals surface area contributed by atoms with Gasteiger partial charge in [-0.2, -0.15) is 0 Å². The number of nitrogens with one attached hydrogen (secondary N) is 2. The van der Waals surface area contributed by atoms with Crippen LogP contribution in [-0.2, 0) is 9.59 Å². The number of hydrazine groups is 1. The highest BCUT2D eigenvalue weighted by atomic mass is 16.5. The standard InChI is InChI=1S/C16H24N4O3/c1-12(13-4-6-14(23-3)7-5-13)17-15(21)16(22)18-20-10-8-19(2)9-11-20/h4-7,12H,8-11H2,1-3H3,(H,17,21)(H,18,22). The van der Waals surface area contributed by atoms with Crippen molar-refractivity contribution in [3.05, 3.63) is 29.8 Å². The molecular formula is C16H24N4O3. The third-order valence-corrected chi connectivity index (χ3v) is 3.93. The van der Waals surface area contributed by atoms with Crippen LogP contribution >= 0.6 is 0 Å². The van der Waals surface area contributed by atoms with Crippen LogP contribution in [0.15, 0.2) is 24.3 Å². The molecule has 1 unspecified atom stereocenters. The van der Waals surface area contributed by atoms with Crippen LogP contribution in [-0.4, -0.2) is 62.1 Å². The van der Waals surface area contributed by atoms with Crippen LogP contribution in [0.5, 0.6) is 5.75 Å². The summed E-state index contributed by atoms with van der Waals surface area (Å²) in [4.78, 5) is 26.1. The second-order valence-corrected chi connectivity index (χ2v) is 5.70. The normalized spacial score (nSPS) is 17.3. The molecule has 1 fully saturated rings. The largest absolute Gasteiger partial charge is 0.497 e. The number of piperazine rings is 1. The van der Waals surface area contributed by atoms with Crippen LogP contribution in [0, 0.1) is 0 Å². The molecule has 2 amide bonds. The zero-order chi connectivity index (χ0) is 16.8. The molecule has 23 heavy (non-hydrogen) atoms. The Labute approximate surface area is 136 Å². The summed E-state index contributed by atoms with van der Waals surface area (Å²) in [7, 11) is 3.63. The summed E-state index contributed by atoms with van der Waals surface area (Å²) >= 11 is 0. The van der Waals surface area contributed by atoms with Gasteiger partial charge in [0.1, 0.15) is 5.75 Å². The fourth-order valence-corrected chi connectivity index (χ4v) is 2.35. The second kappa shape index (κ2) is 7.94. The van der Waals surface area contributed by atoms with Gasteiger partial charge in [-0.25, -0.2) is 5.01 Å². The summed E-state index contributed by atoms with van der Waals surface area (Å²) in [5, 5.41) is 4.48. The van der Waals surface area contributed by atoms with Gasteiger partial charge in [0.2, 0.25) is 0 Å². The summed E-state index contributed by atoms with van der Waals surface area (Å²) in [6.45, 7) is 4.99. The summed E-state index contributed by atoms with van der Waals surface area (Å²) in [6.07, 6.45) is 0. The Hall–Kier alpha value is -2.12. The highest BCUT2D eigenvalue weighted by molar-refractivity contribution is 6.35. The number of hydrogen-bond acceptors (Lipinski definition) is 5. The number of amides is 2. The van der Waals surface area contributed by atoms with E-state index >= 15 is 0 Å². The lowest BCUT2D eigenvalue weighted by Gasteiger charge is -2.32. The van der Waals surface area contributed by atoms with Crippen molar-refractivity contribution in [2.24, 2.45) is 0 Å². The summed E-state index contributed by atoms with van der Waals surface area (Å²) in [5.74, 6) is -0.512. The van der Waals surface area contributed by atoms with E-state index in [0.29, 0.717) is 13.1 Å². The minimum atomic E-state index is -0.632. The van der Waals surface area contributed by atoms with Crippen LogP contribution in [0.4, 0.5) is 0 Å². The molecule has 0 saturated carbocycles. The third kappa shape index (κ3) is 4.94. The number of nitrogens with zero attached hydrogens (tertiary/aromatic N) is 2. The number of rotatable bonds is 4. The number of ether oxygens (including phenoxy) is 1. The molecule has 0 aliphatic carbocycles. The van der Waals surface area contributed by atoms with E-state index in [4.69, 9.17) is 4.74 Å². The fraction of sp³-hybridized carbons (Fsp3) is 0.500. The third-order valence-electron chi connectivity index (χ3n) is 3.93. The summed E-state index contributed by atoms with van der Waals surface area (Å²) in [6, 6.07) is 7.11. The van der Waals surface area contributed by atoms with E-state index < -0.39 is 11.8 Å². The number of hydrogen-bond donors (Lipinski definition) is 2. The molecule has 1 aliphatic heterocycles. The van der Waals surface area contributed by atoms with Crippen molar-refractivity contribution in [3.8, 4) is 5.75 Å². The van der Waals surface area contributed by atoms with Gasteiger partial charge >= 0.3 is 11.8 Å². The topological polar surface area (TPSA) is 73.9 Å². The lowest BCUT2D eigenvalue weighted by atomic mass is 10.1. The average Bonchev–Trinajstić information content (AvgIpc) is 2.56. The number of benzene rings is 1. The predicted molar refractivity (Wildman–Crippen MR) is 86.8 cm³/mol. The van der Waals surface area contributed by atoms with Gasteiger partial charge in [-0.1, -0.05) is 12.1 Å². The molecule has 0 aromatic heterocycles. The van der Waals surface area contributed by atoms with E-state index in [0.717, 1.165) is 24.4 Å². The monoisotopic (exact) mass is 320 g/mol. The minimum absolute atomic E-state index is 0.258. The molecule has 2 rings (SSSR count). The van der Waals surface area contributed by atoms with Crippen molar-refractivity contribution < 1.29 is 14.3 Å². The van der Waals surface area contributed by atoms with E-state index in [1.54, 1.807) is 12.1 Å². The second-order valence-electron chi connectivity index (χ2n) is 5.70. The van der Waals surface area contributed by atoms with E-state index in [1.165, 1.54) is 0 Å². The highest BCUT2D eigenvalue weighted by Gasteiger charge is 2.21. The first-order chi connectivity index (χ1) is 11.0. The Morgan fingerprint density at radius 3 is 2.26 bits per heavy atom. The van der Waals surface area contributed by atoms with Crippen LogP contribution in [0.1, 0.15) is 18.5 Å². The molecule has 1 heterocycles. The van der Waals surface area contributed by atoms with Crippen LogP contribution in [0.3, 0.4) is 0 Å². The van der Waals surface area contributed by atoms with Crippen molar-refractivity contribution in [3.63, 3.8) is 0 Å². The van der Waals surface area contributed by atoms with Gasteiger partial charge in [-0.05, 0) is 31.7 Å². The fourth-order valence-electron chi connectivity index (χ4n) is 2.35. The highest BCUT2D eigenvalue weighted by Crippen LogP contribution is 2.17. The molecule has 7 nitrogen and oxygen atoms in total. The molecule has 1 saturated heterocycles. The van der Waals surface area contributed by atoms with Gasteiger partial charge in [0.05, 0.1) is 13.2 Å². The molecular weight excluding hydrogens is 296 g/mol. The van der Waals surface area contributed by atoms with Crippen molar-refractivity contribution in [1.82, 2.24) is 20.7 Å². The van der Waals surface area contributed by atoms with Gasteiger partial charge in [0.15, 0.2) is 0 Å². The first kappa shape index (κ1) is 17.2. The summed E-state index contributed by atoms with van der Waals surface area (Å²) in [5.41, 5.74) is 3.56. The molecule has 0 bridgehead atoms. The molecule has 7 heteroatoms. The maximum Gasteiger partial charge on any atom is 0.323 e. The molecule has 1 atom stereocenters. The Morgan fingerprint density at radius 2 is 1.70 bits per heavy atom. The molecule has 1 aliphatic rings. The predicted octanol–water partition coefficient (Wildman–Crippen LogP) is 0.151. The van der Waals surface area contributed by atoms with Gasteiger partial charge < -0.3 is 15.0 Å². The zero-order valence-electron chi connectivity index (χ0n) is 13.8. The van der Waals surface area contributed by atoms with Crippen LogP contribution in [0.2, 0.25) is 0 Å². The maximum absolute atomic E-state index is 12.0. The Morgan fingerprint density at radius 1 is 1.09 bits per heavy atom. The summed E-state index contributed by atoms with van der Waals surface area (Å²) < 4.78 is 5.10. The Balaban J connectivity index is 1.83. The van der Waals surface area contributed by atoms with Gasteiger partial charge in [0.25, 0.3) is 0 Å². The number of carbonyl (C=O) groups is 2. The lowest BCUT2D eigenvalue weighted by Crippen LogP contribution is -2.55. The van der Waals surface area contributed by atoms with E-state index in [1.807, 2.05) is 38.2 Å². The number of likely N-dealkylation sites (N-methyl/N-ethyl adjacent to an activating group) is 1. The van der Waals surface area contributed by atoms with E-state index in [2.05, 4.69) is 15.6 Å². The van der Waals surface area contributed by atoms with Gasteiger partial charge in [-0.15, -0.1) is 0 Å². The van der Waals surface area contributed by atoms with Gasteiger partial charge in [0, 0.05) is 26.2 Å². The van der Waals surface area contributed by atoms with Gasteiger partial charge in [-0.3, -0.25) is 15.0 Å². The van der Waals surface area contributed by atoms with E-state index in [9.17, 15) is 9.59 Å². The molecule has 1 aromatic rings. The SMILES string of the molecule is COc1ccc(C(C)NC(=O)C(=O)NN2CCN(C)CC2)cc1. The van der Waals surface area contributed by atoms with E-state index in [-0.39, 0.29) is 6.04 Å². The number of carbonyl (C=O) groups excluding carboxylic acids is 2. The zero-order valence-corrected chi connectivity index (χ0v) is 13.8. The Kier molecular flexibility index (Phi) is 5.95. The lowest BCUT2D eigenvalue weighted by molar-refractivity contribution is -0.143. The van der Waals surface area contributed by atoms with Crippen LogP contribution in [0.25, 0.3) is 0 Å². The van der Waals surface area contributed by atoms with Crippen molar-refractivity contribution in [2.75, 3.05) is 40.3 Å². The van der Waals surface area contributed by atoms with Crippen LogP contribution < -0.4 is 15.5 Å². The van der Waals surface area contributed by atoms with Crippen molar-refractivity contribution in [1.29, 1.82) is 0 Å². The maximum atomic E-state index is 12.0. The van der Waals surface area contributed by atoms with Crippen molar-refractivity contribution >= 4 is 11.8 Å². The van der Waals surface area contributed by atoms with Crippen molar-refractivity contribution in [2.45, 2.75) is 13.0 Å². The first-order valence-electron chi connectivity index (χ1n) is 7.68. The Bertz CT molecular complexity index is 539. The quantitative estimate of drug-likeness (QED) is 0.773. The number of methoxy groups -OCH3 is 1. The molecule has 0 spiro atoms.